The van der Waals surface area contributed by atoms with Gasteiger partial charge in [-0.25, -0.2) is 4.39 Å². The molecule has 1 heterocycles. The van der Waals surface area contributed by atoms with Gasteiger partial charge in [0.05, 0.1) is 0 Å². The van der Waals surface area contributed by atoms with Crippen LogP contribution in [0.5, 0.6) is 0 Å². The molecule has 1 aromatic heterocycles. The van der Waals surface area contributed by atoms with Gasteiger partial charge in [-0.05, 0) is 50.2 Å². The zero-order chi connectivity index (χ0) is 13.1. The Morgan fingerprint density at radius 2 is 2.00 bits per heavy atom. The van der Waals surface area contributed by atoms with Gasteiger partial charge in [-0.3, -0.25) is 4.98 Å². The zero-order valence-corrected chi connectivity index (χ0v) is 10.9. The molecule has 0 aliphatic rings. The lowest BCUT2D eigenvalue weighted by Crippen LogP contribution is -2.12. The molecule has 0 amide bonds. The second-order valence-electron chi connectivity index (χ2n) is 4.50. The molecule has 0 radical (unpaired) electrons. The molecule has 1 atom stereocenters. The van der Waals surface area contributed by atoms with Crippen LogP contribution < -0.4 is 5.32 Å². The Kier molecular flexibility index (Phi) is 3.72. The molecule has 0 saturated carbocycles. The minimum atomic E-state index is -0.213. The number of aromatic nitrogens is 1. The lowest BCUT2D eigenvalue weighted by atomic mass is 10.00. The minimum absolute atomic E-state index is 0.196. The van der Waals surface area contributed by atoms with E-state index >= 15 is 0 Å². The normalized spacial score (nSPS) is 12.4. The van der Waals surface area contributed by atoms with Crippen LogP contribution in [0.3, 0.4) is 0 Å². The molecule has 18 heavy (non-hydrogen) atoms. The van der Waals surface area contributed by atoms with Gasteiger partial charge in [-0.15, -0.1) is 0 Å². The van der Waals surface area contributed by atoms with Gasteiger partial charge >= 0.3 is 0 Å². The number of halogens is 1. The predicted molar refractivity (Wildman–Crippen MR) is 71.8 cm³/mol. The number of rotatable bonds is 3. The molecule has 0 aliphatic heterocycles. The van der Waals surface area contributed by atoms with Crippen molar-refractivity contribution in [2.45, 2.75) is 19.9 Å². The maximum absolute atomic E-state index is 13.9. The molecule has 2 aromatic rings. The summed E-state index contributed by atoms with van der Waals surface area (Å²) in [5.41, 5.74) is 3.51. The molecular weight excluding hydrogens is 227 g/mol. The van der Waals surface area contributed by atoms with Crippen LogP contribution in [-0.2, 0) is 0 Å². The van der Waals surface area contributed by atoms with E-state index in [1.54, 1.807) is 12.4 Å². The molecular formula is C15H17FN2. The van der Waals surface area contributed by atoms with Crippen LogP contribution in [0.4, 0.5) is 4.39 Å². The fourth-order valence-corrected chi connectivity index (χ4v) is 1.90. The number of nitrogens with one attached hydrogen (secondary N) is 1. The van der Waals surface area contributed by atoms with Gasteiger partial charge < -0.3 is 5.32 Å². The standard InChI is InChI=1S/C15H17FN2/c1-10-6-13(9-18-8-10)14-7-12(11(2)17-3)4-5-15(14)16/h4-9,11,17H,1-3H3. The first-order chi connectivity index (χ1) is 8.61. The molecule has 0 saturated heterocycles. The van der Waals surface area contributed by atoms with Crippen molar-refractivity contribution in [3.05, 3.63) is 53.6 Å². The number of hydrogen-bond donors (Lipinski definition) is 1. The summed E-state index contributed by atoms with van der Waals surface area (Å²) in [6, 6.07) is 7.35. The number of nitrogens with zero attached hydrogens (tertiary/aromatic N) is 1. The zero-order valence-electron chi connectivity index (χ0n) is 10.9. The topological polar surface area (TPSA) is 24.9 Å². The van der Waals surface area contributed by atoms with Gasteiger partial charge in [0.25, 0.3) is 0 Å². The Morgan fingerprint density at radius 3 is 2.67 bits per heavy atom. The van der Waals surface area contributed by atoms with E-state index in [9.17, 15) is 4.39 Å². The summed E-state index contributed by atoms with van der Waals surface area (Å²) in [6.07, 6.45) is 3.46. The van der Waals surface area contributed by atoms with Crippen LogP contribution in [0.1, 0.15) is 24.1 Å². The highest BCUT2D eigenvalue weighted by Gasteiger charge is 2.09. The Labute approximate surface area is 107 Å². The van der Waals surface area contributed by atoms with Gasteiger partial charge in [0.1, 0.15) is 5.82 Å². The third kappa shape index (κ3) is 2.57. The van der Waals surface area contributed by atoms with E-state index in [2.05, 4.69) is 10.3 Å². The first-order valence-electron chi connectivity index (χ1n) is 6.00. The molecule has 94 valence electrons. The van der Waals surface area contributed by atoms with Crippen molar-refractivity contribution >= 4 is 0 Å². The van der Waals surface area contributed by atoms with Gasteiger partial charge in [-0.1, -0.05) is 6.07 Å². The molecule has 2 nitrogen and oxygen atoms in total. The monoisotopic (exact) mass is 244 g/mol. The van der Waals surface area contributed by atoms with Crippen LogP contribution >= 0.6 is 0 Å². The molecule has 0 bridgehead atoms. The second kappa shape index (κ2) is 5.27. The van der Waals surface area contributed by atoms with Crippen molar-refractivity contribution in [1.29, 1.82) is 0 Å². The Morgan fingerprint density at radius 1 is 1.22 bits per heavy atom. The Bertz CT molecular complexity index is 552. The van der Waals surface area contributed by atoms with Crippen LogP contribution in [-0.4, -0.2) is 12.0 Å². The molecule has 0 aliphatic carbocycles. The molecule has 0 fully saturated rings. The van der Waals surface area contributed by atoms with Crippen molar-refractivity contribution in [2.75, 3.05) is 7.05 Å². The van der Waals surface area contributed by atoms with E-state index in [4.69, 9.17) is 0 Å². The highest BCUT2D eigenvalue weighted by molar-refractivity contribution is 5.64. The van der Waals surface area contributed by atoms with E-state index in [1.165, 1.54) is 6.07 Å². The van der Waals surface area contributed by atoms with Gasteiger partial charge in [0.15, 0.2) is 0 Å². The van der Waals surface area contributed by atoms with Crippen molar-refractivity contribution in [1.82, 2.24) is 10.3 Å². The summed E-state index contributed by atoms with van der Waals surface area (Å²) < 4.78 is 13.9. The van der Waals surface area contributed by atoms with Gasteiger partial charge in [0, 0.05) is 29.6 Å². The summed E-state index contributed by atoms with van der Waals surface area (Å²) in [7, 11) is 1.89. The summed E-state index contributed by atoms with van der Waals surface area (Å²) in [6.45, 7) is 4.00. The van der Waals surface area contributed by atoms with Crippen molar-refractivity contribution in [3.8, 4) is 11.1 Å². The predicted octanol–water partition coefficient (Wildman–Crippen LogP) is 3.48. The van der Waals surface area contributed by atoms with Crippen molar-refractivity contribution in [2.24, 2.45) is 0 Å². The van der Waals surface area contributed by atoms with E-state index in [0.29, 0.717) is 5.56 Å². The lowest BCUT2D eigenvalue weighted by Gasteiger charge is -2.13. The van der Waals surface area contributed by atoms with Crippen molar-refractivity contribution in [3.63, 3.8) is 0 Å². The molecule has 1 unspecified atom stereocenters. The number of aryl methyl sites for hydroxylation is 1. The second-order valence-corrected chi connectivity index (χ2v) is 4.50. The Hall–Kier alpha value is -1.74. The Balaban J connectivity index is 2.49. The minimum Gasteiger partial charge on any atom is -0.313 e. The van der Waals surface area contributed by atoms with Gasteiger partial charge in [-0.2, -0.15) is 0 Å². The van der Waals surface area contributed by atoms with Crippen LogP contribution in [0.15, 0.2) is 36.7 Å². The first kappa shape index (κ1) is 12.7. The third-order valence-electron chi connectivity index (χ3n) is 3.11. The summed E-state index contributed by atoms with van der Waals surface area (Å²) in [5.74, 6) is -0.213. The average Bonchev–Trinajstić information content (AvgIpc) is 2.38. The van der Waals surface area contributed by atoms with E-state index in [1.807, 2.05) is 39.1 Å². The fraction of sp³-hybridized carbons (Fsp3) is 0.267. The molecule has 0 spiro atoms. The quantitative estimate of drug-likeness (QED) is 0.894. The van der Waals surface area contributed by atoms with Gasteiger partial charge in [0.2, 0.25) is 0 Å². The molecule has 1 N–H and O–H groups in total. The summed E-state index contributed by atoms with van der Waals surface area (Å²) in [5, 5.41) is 3.15. The van der Waals surface area contributed by atoms with Crippen molar-refractivity contribution < 1.29 is 4.39 Å². The molecule has 1 aromatic carbocycles. The lowest BCUT2D eigenvalue weighted by molar-refractivity contribution is 0.622. The first-order valence-corrected chi connectivity index (χ1v) is 6.00. The van der Waals surface area contributed by atoms with E-state index < -0.39 is 0 Å². The molecule has 3 heteroatoms. The average molecular weight is 244 g/mol. The highest BCUT2D eigenvalue weighted by atomic mass is 19.1. The smallest absolute Gasteiger partial charge is 0.131 e. The largest absolute Gasteiger partial charge is 0.313 e. The van der Waals surface area contributed by atoms with Crippen LogP contribution in [0.25, 0.3) is 11.1 Å². The summed E-state index contributed by atoms with van der Waals surface area (Å²) >= 11 is 0. The maximum Gasteiger partial charge on any atom is 0.131 e. The van der Waals surface area contributed by atoms with E-state index in [0.717, 1.165) is 16.7 Å². The number of pyridine rings is 1. The van der Waals surface area contributed by atoms with Crippen LogP contribution in [0, 0.1) is 12.7 Å². The molecule has 2 rings (SSSR count). The summed E-state index contributed by atoms with van der Waals surface area (Å²) in [4.78, 5) is 4.11. The third-order valence-corrected chi connectivity index (χ3v) is 3.11. The fourth-order valence-electron chi connectivity index (χ4n) is 1.90. The number of hydrogen-bond acceptors (Lipinski definition) is 2. The maximum atomic E-state index is 13.9. The highest BCUT2D eigenvalue weighted by Crippen LogP contribution is 2.26. The SMILES string of the molecule is CNC(C)c1ccc(F)c(-c2cncc(C)c2)c1. The number of benzene rings is 1. The van der Waals surface area contributed by atoms with E-state index in [-0.39, 0.29) is 11.9 Å². The van der Waals surface area contributed by atoms with Crippen LogP contribution in [0.2, 0.25) is 0 Å².